The Labute approximate surface area is 404 Å². The summed E-state index contributed by atoms with van der Waals surface area (Å²) >= 11 is 0. The van der Waals surface area contributed by atoms with Gasteiger partial charge in [0.2, 0.25) is 0 Å². The van der Waals surface area contributed by atoms with Crippen LogP contribution in [0.2, 0.25) is 0 Å². The molecular formula is C51H57N5O10S2. The van der Waals surface area contributed by atoms with Gasteiger partial charge in [0.05, 0.1) is 56.0 Å². The summed E-state index contributed by atoms with van der Waals surface area (Å²) in [6, 6.07) is 23.0. The highest BCUT2D eigenvalue weighted by Gasteiger charge is 2.41. The Hall–Kier alpha value is -6.20. The zero-order valence-corrected chi connectivity index (χ0v) is 40.6. The Balaban J connectivity index is 0.884. The summed E-state index contributed by atoms with van der Waals surface area (Å²) in [5.41, 5.74) is 6.24. The molecule has 0 aliphatic carbocycles. The van der Waals surface area contributed by atoms with Gasteiger partial charge in [0.15, 0.2) is 23.0 Å². The molecule has 1 saturated heterocycles. The second-order valence-corrected chi connectivity index (χ2v) is 20.8. The lowest BCUT2D eigenvalue weighted by atomic mass is 10.1. The first-order chi connectivity index (χ1) is 32.9. The third-order valence-electron chi connectivity index (χ3n) is 12.4. The zero-order chi connectivity index (χ0) is 48.0. The summed E-state index contributed by atoms with van der Waals surface area (Å²) in [5.74, 6) is 0.764. The summed E-state index contributed by atoms with van der Waals surface area (Å²) in [6.45, 7) is 10.7. The van der Waals surface area contributed by atoms with Crippen LogP contribution in [0.25, 0.3) is 0 Å². The van der Waals surface area contributed by atoms with Crippen molar-refractivity contribution in [2.24, 2.45) is 4.99 Å². The molecule has 15 nitrogen and oxygen atoms in total. The van der Waals surface area contributed by atoms with Crippen molar-refractivity contribution in [1.82, 2.24) is 5.06 Å². The number of hydroxylamine groups is 2. The highest BCUT2D eigenvalue weighted by molar-refractivity contribution is 8.77. The largest absolute Gasteiger partial charge is 0.493 e. The summed E-state index contributed by atoms with van der Waals surface area (Å²) in [4.78, 5) is 79.5. The van der Waals surface area contributed by atoms with E-state index in [1.165, 1.54) is 0 Å². The molecule has 0 N–H and O–H groups in total. The van der Waals surface area contributed by atoms with E-state index >= 15 is 0 Å². The van der Waals surface area contributed by atoms with Crippen LogP contribution in [0.15, 0.2) is 77.8 Å². The minimum Gasteiger partial charge on any atom is -0.493 e. The number of para-hydroxylation sites is 2. The van der Waals surface area contributed by atoms with Crippen LogP contribution in [0.4, 0.5) is 22.7 Å². The predicted octanol–water partition coefficient (Wildman–Crippen LogP) is 8.81. The van der Waals surface area contributed by atoms with E-state index in [9.17, 15) is 24.0 Å². The average molecular weight is 964 g/mol. The van der Waals surface area contributed by atoms with E-state index in [4.69, 9.17) is 23.8 Å². The molecule has 4 amide bonds. The monoisotopic (exact) mass is 963 g/mol. The van der Waals surface area contributed by atoms with Crippen molar-refractivity contribution in [2.45, 2.75) is 82.4 Å². The van der Waals surface area contributed by atoms with Crippen molar-refractivity contribution in [3.63, 3.8) is 0 Å². The molecule has 4 aromatic rings. The SMILES string of the molecule is C=Nc1cc(OCCCCCOc2cc3c(cc2OC)C(=O)N2c4ccccc4C[C@H]2CN3CC(C)(C)SSCCCC(=O)ON2C(=O)CCC2=O)c(OC)cc1C(=O)N1CCc2ccccc21. The van der Waals surface area contributed by atoms with E-state index in [1.807, 2.05) is 53.4 Å². The molecule has 0 spiro atoms. The standard InChI is InChI=1S/C51H57N5O10S2/c1-51(2,68-67-25-13-18-48(59)66-56-46(57)19-20-47(56)58)32-53-31-35-26-34-15-8-10-17-40(34)55(35)50(61)37-28-43(63-5)45(30-41(37)53)65-24-12-6-11-23-64-44-29-38(52-3)36(27-42(44)62-4)49(60)54-22-21-33-14-7-9-16-39(33)54/h7-10,14-17,27-30,35H,3,6,11-13,18-26,31-32H2,1-2,4-5H3/t35-/m0/s1. The Morgan fingerprint density at radius 2 is 1.44 bits per heavy atom. The van der Waals surface area contributed by atoms with Crippen molar-refractivity contribution in [1.29, 1.82) is 0 Å². The third kappa shape index (κ3) is 10.6. The quantitative estimate of drug-likeness (QED) is 0.0338. The summed E-state index contributed by atoms with van der Waals surface area (Å²) in [6.07, 6.45) is 4.50. The molecule has 0 radical (unpaired) electrons. The number of ether oxygens (including phenoxy) is 4. The molecule has 4 aliphatic heterocycles. The molecule has 4 aliphatic rings. The number of anilines is 3. The van der Waals surface area contributed by atoms with Gasteiger partial charge < -0.3 is 38.5 Å². The maximum Gasteiger partial charge on any atom is 0.333 e. The van der Waals surface area contributed by atoms with Gasteiger partial charge in [-0.05, 0) is 94.5 Å². The number of rotatable bonds is 21. The van der Waals surface area contributed by atoms with Gasteiger partial charge in [0, 0.05) is 72.9 Å². The number of carbonyl (C=O) groups is 5. The maximum atomic E-state index is 14.6. The van der Waals surface area contributed by atoms with Gasteiger partial charge in [-0.25, -0.2) is 4.79 Å². The van der Waals surface area contributed by atoms with Crippen LogP contribution in [-0.4, -0.2) is 105 Å². The number of carbonyl (C=O) groups excluding carboxylic acids is 5. The number of aliphatic imine (C=N–C) groups is 1. The highest BCUT2D eigenvalue weighted by atomic mass is 33.1. The van der Waals surface area contributed by atoms with Crippen molar-refractivity contribution in [3.8, 4) is 23.0 Å². The number of unbranched alkanes of at least 4 members (excludes halogenated alkanes) is 2. The van der Waals surface area contributed by atoms with Gasteiger partial charge >= 0.3 is 5.97 Å². The fourth-order valence-electron chi connectivity index (χ4n) is 9.10. The van der Waals surface area contributed by atoms with Crippen LogP contribution in [0.5, 0.6) is 23.0 Å². The zero-order valence-electron chi connectivity index (χ0n) is 39.0. The molecule has 1 atom stereocenters. The van der Waals surface area contributed by atoms with Crippen molar-refractivity contribution in [3.05, 3.63) is 95.1 Å². The molecule has 4 heterocycles. The first-order valence-corrected chi connectivity index (χ1v) is 25.3. The van der Waals surface area contributed by atoms with Gasteiger partial charge in [0.1, 0.15) is 0 Å². The topological polar surface area (TPSA) is 157 Å². The molecule has 358 valence electrons. The van der Waals surface area contributed by atoms with Gasteiger partial charge in [-0.2, -0.15) is 0 Å². The van der Waals surface area contributed by atoms with Crippen LogP contribution < -0.4 is 33.6 Å². The lowest BCUT2D eigenvalue weighted by Gasteiger charge is -2.35. The molecule has 0 aromatic heterocycles. The molecule has 0 saturated carbocycles. The Bertz CT molecular complexity index is 2570. The van der Waals surface area contributed by atoms with Crippen LogP contribution in [0.1, 0.15) is 90.6 Å². The van der Waals surface area contributed by atoms with Gasteiger partial charge in [-0.1, -0.05) is 58.0 Å². The number of methoxy groups -OCH3 is 2. The normalized spacial score (nSPS) is 16.2. The minimum atomic E-state index is -0.604. The number of amides is 4. The molecule has 17 heteroatoms. The van der Waals surface area contributed by atoms with Gasteiger partial charge in [0.25, 0.3) is 23.6 Å². The molecule has 8 rings (SSSR count). The summed E-state index contributed by atoms with van der Waals surface area (Å²) in [5, 5.41) is 0.586. The number of hydrogen-bond acceptors (Lipinski definition) is 14. The highest BCUT2D eigenvalue weighted by Crippen LogP contribution is 2.45. The Morgan fingerprint density at radius 1 is 0.779 bits per heavy atom. The lowest BCUT2D eigenvalue weighted by Crippen LogP contribution is -2.45. The molecule has 1 fully saturated rings. The Morgan fingerprint density at radius 3 is 2.15 bits per heavy atom. The maximum absolute atomic E-state index is 14.6. The van der Waals surface area contributed by atoms with Crippen molar-refractivity contribution in [2.75, 3.05) is 67.5 Å². The van der Waals surface area contributed by atoms with Crippen molar-refractivity contribution < 1.29 is 47.8 Å². The van der Waals surface area contributed by atoms with Gasteiger partial charge in [-0.3, -0.25) is 24.2 Å². The summed E-state index contributed by atoms with van der Waals surface area (Å²) in [7, 11) is 6.48. The molecule has 68 heavy (non-hydrogen) atoms. The number of fused-ring (bicyclic) bond motifs is 5. The smallest absolute Gasteiger partial charge is 0.333 e. The molecule has 0 bridgehead atoms. The second-order valence-electron chi connectivity index (χ2n) is 17.6. The van der Waals surface area contributed by atoms with E-state index in [-0.39, 0.29) is 41.9 Å². The second kappa shape index (κ2) is 21.4. The number of hydrogen-bond donors (Lipinski definition) is 0. The fraction of sp³-hybridized carbons (Fsp3) is 0.412. The molecule has 0 unspecified atom stereocenters. The Kier molecular flexibility index (Phi) is 15.2. The van der Waals surface area contributed by atoms with E-state index < -0.39 is 17.8 Å². The molecular weight excluding hydrogens is 907 g/mol. The minimum absolute atomic E-state index is 0.0567. The number of benzene rings is 4. The first-order valence-electron chi connectivity index (χ1n) is 23.0. The van der Waals surface area contributed by atoms with E-state index in [0.29, 0.717) is 89.9 Å². The van der Waals surface area contributed by atoms with Crippen LogP contribution in [0.3, 0.4) is 0 Å². The van der Waals surface area contributed by atoms with Crippen LogP contribution in [-0.2, 0) is 32.1 Å². The van der Waals surface area contributed by atoms with Crippen LogP contribution in [0, 0.1) is 0 Å². The van der Waals surface area contributed by atoms with E-state index in [0.717, 1.165) is 60.3 Å². The number of nitrogens with zero attached hydrogens (tertiary/aromatic N) is 5. The van der Waals surface area contributed by atoms with Crippen molar-refractivity contribution >= 4 is 80.7 Å². The average Bonchev–Trinajstić information content (AvgIpc) is 4.01. The molecule has 4 aromatic carbocycles. The first kappa shape index (κ1) is 48.3. The predicted molar refractivity (Wildman–Crippen MR) is 265 cm³/mol. The summed E-state index contributed by atoms with van der Waals surface area (Å²) < 4.78 is 23.8. The van der Waals surface area contributed by atoms with Gasteiger partial charge in [-0.15, -0.1) is 5.06 Å². The number of imide groups is 1. The van der Waals surface area contributed by atoms with E-state index in [1.54, 1.807) is 58.9 Å². The fourth-order valence-corrected chi connectivity index (χ4v) is 11.7. The third-order valence-corrected chi connectivity index (χ3v) is 15.7. The lowest BCUT2D eigenvalue weighted by molar-refractivity contribution is -0.197. The van der Waals surface area contributed by atoms with E-state index in [2.05, 4.69) is 36.5 Å². The van der Waals surface area contributed by atoms with Crippen LogP contribution >= 0.6 is 21.6 Å².